The van der Waals surface area contributed by atoms with Crippen LogP contribution in [0.2, 0.25) is 5.02 Å². The average Bonchev–Trinajstić information content (AvgIpc) is 2.91. The van der Waals surface area contributed by atoms with Crippen molar-refractivity contribution >= 4 is 29.5 Å². The van der Waals surface area contributed by atoms with E-state index in [1.807, 2.05) is 25.1 Å². The molecule has 0 N–H and O–H groups in total. The molecule has 4 rings (SSSR count). The Kier molecular flexibility index (Phi) is 9.08. The molecule has 1 amide bonds. The van der Waals surface area contributed by atoms with Gasteiger partial charge in [-0.05, 0) is 79.5 Å². The van der Waals surface area contributed by atoms with Crippen LogP contribution in [0, 0.1) is 5.92 Å². The second-order valence-electron chi connectivity index (χ2n) is 10.0. The molecule has 0 spiro atoms. The van der Waals surface area contributed by atoms with Crippen LogP contribution >= 0.6 is 11.6 Å². The van der Waals surface area contributed by atoms with E-state index < -0.39 is 11.8 Å². The van der Waals surface area contributed by atoms with Crippen molar-refractivity contribution in [2.45, 2.75) is 58.0 Å². The van der Waals surface area contributed by atoms with Gasteiger partial charge in [-0.25, -0.2) is 0 Å². The summed E-state index contributed by atoms with van der Waals surface area (Å²) in [6.07, 6.45) is 11.4. The number of hydrogen-bond donors (Lipinski definition) is 0. The van der Waals surface area contributed by atoms with Gasteiger partial charge in [-0.2, -0.15) is 0 Å². The van der Waals surface area contributed by atoms with Crippen LogP contribution in [-0.2, 0) is 22.6 Å². The lowest BCUT2D eigenvalue weighted by Gasteiger charge is -2.29. The van der Waals surface area contributed by atoms with Crippen LogP contribution < -0.4 is 9.64 Å². The van der Waals surface area contributed by atoms with Crippen molar-refractivity contribution in [2.75, 3.05) is 31.6 Å². The minimum absolute atomic E-state index is 0.0217. The molecule has 2 aliphatic heterocycles. The predicted octanol–water partition coefficient (Wildman–Crippen LogP) is 6.18. The minimum atomic E-state index is -0.512. The quantitative estimate of drug-likeness (QED) is 0.341. The molecular weight excluding hydrogens is 472 g/mol. The van der Waals surface area contributed by atoms with Crippen LogP contribution in [0.15, 0.2) is 48.6 Å². The molecule has 6 heteroatoms. The summed E-state index contributed by atoms with van der Waals surface area (Å²) >= 11 is 6.29. The summed E-state index contributed by atoms with van der Waals surface area (Å²) in [7, 11) is 1.81. The number of carbonyl (C=O) groups excluding carboxylic acids is 2. The normalized spacial score (nSPS) is 22.8. The van der Waals surface area contributed by atoms with Gasteiger partial charge >= 0.3 is 0 Å². The molecule has 0 aromatic heterocycles. The molecule has 2 heterocycles. The van der Waals surface area contributed by atoms with Crippen LogP contribution in [0.5, 0.6) is 5.75 Å². The van der Waals surface area contributed by atoms with E-state index in [1.54, 1.807) is 11.9 Å². The van der Waals surface area contributed by atoms with E-state index in [9.17, 15) is 9.59 Å². The number of amides is 1. The van der Waals surface area contributed by atoms with Gasteiger partial charge in [0, 0.05) is 37.6 Å². The lowest BCUT2D eigenvalue weighted by atomic mass is 9.87. The molecule has 5 nitrogen and oxygen atoms in total. The van der Waals surface area contributed by atoms with Crippen molar-refractivity contribution in [3.05, 3.63) is 70.3 Å². The molecule has 0 radical (unpaired) electrons. The van der Waals surface area contributed by atoms with Crippen LogP contribution in [0.1, 0.15) is 61.6 Å². The Morgan fingerprint density at radius 3 is 2.61 bits per heavy atom. The molecule has 2 atom stereocenters. The lowest BCUT2D eigenvalue weighted by molar-refractivity contribution is -0.135. The molecule has 192 valence electrons. The molecule has 2 aliphatic rings. The average molecular weight is 509 g/mol. The molecular formula is C30H37ClN2O3. The highest BCUT2D eigenvalue weighted by Gasteiger charge is 2.29. The van der Waals surface area contributed by atoms with Gasteiger partial charge in [-0.3, -0.25) is 4.79 Å². The second kappa shape index (κ2) is 12.4. The predicted molar refractivity (Wildman–Crippen MR) is 146 cm³/mol. The molecule has 0 saturated carbocycles. The minimum Gasteiger partial charge on any atom is -0.487 e. The van der Waals surface area contributed by atoms with Crippen molar-refractivity contribution < 1.29 is 14.3 Å². The third kappa shape index (κ3) is 6.31. The molecule has 1 unspecified atom stereocenters. The first-order valence-electron chi connectivity index (χ1n) is 13.1. The number of halogens is 1. The van der Waals surface area contributed by atoms with E-state index in [1.165, 1.54) is 5.56 Å². The Hall–Kier alpha value is -2.79. The zero-order valence-corrected chi connectivity index (χ0v) is 22.2. The number of ether oxygens (including phenoxy) is 1. The van der Waals surface area contributed by atoms with E-state index >= 15 is 0 Å². The summed E-state index contributed by atoms with van der Waals surface area (Å²) < 4.78 is 6.41. The first-order chi connectivity index (χ1) is 17.5. The topological polar surface area (TPSA) is 49.9 Å². The monoisotopic (exact) mass is 508 g/mol. The van der Waals surface area contributed by atoms with Crippen molar-refractivity contribution in [1.82, 2.24) is 4.90 Å². The van der Waals surface area contributed by atoms with Crippen molar-refractivity contribution in [1.29, 1.82) is 0 Å². The van der Waals surface area contributed by atoms with Gasteiger partial charge in [0.2, 0.25) is 5.91 Å². The highest BCUT2D eigenvalue weighted by molar-refractivity contribution is 6.30. The van der Waals surface area contributed by atoms with E-state index in [2.05, 4.69) is 35.3 Å². The number of aldehydes is 1. The molecule has 2 aromatic carbocycles. The smallest absolute Gasteiger partial charge is 0.226 e. The zero-order valence-electron chi connectivity index (χ0n) is 21.4. The van der Waals surface area contributed by atoms with Crippen LogP contribution in [0.25, 0.3) is 0 Å². The molecule has 2 aromatic rings. The fourth-order valence-electron chi connectivity index (χ4n) is 5.20. The molecule has 0 aliphatic carbocycles. The van der Waals surface area contributed by atoms with Crippen molar-refractivity contribution in [3.63, 3.8) is 0 Å². The number of likely N-dealkylation sites (N-methyl/N-ethyl adjacent to an activating group) is 1. The van der Waals surface area contributed by atoms with E-state index in [-0.39, 0.29) is 5.91 Å². The largest absolute Gasteiger partial charge is 0.487 e. The van der Waals surface area contributed by atoms with E-state index in [4.69, 9.17) is 16.3 Å². The van der Waals surface area contributed by atoms with E-state index in [0.717, 1.165) is 85.5 Å². The first kappa shape index (κ1) is 26.3. The Labute approximate surface area is 220 Å². The Morgan fingerprint density at radius 1 is 1.00 bits per heavy atom. The summed E-state index contributed by atoms with van der Waals surface area (Å²) in [6, 6.07) is 12.0. The highest BCUT2D eigenvalue weighted by Crippen LogP contribution is 2.36. The highest BCUT2D eigenvalue weighted by atomic mass is 35.5. The summed E-state index contributed by atoms with van der Waals surface area (Å²) in [5.74, 6) is -0.168. The zero-order chi connectivity index (χ0) is 25.5. The van der Waals surface area contributed by atoms with Gasteiger partial charge in [0.15, 0.2) is 0 Å². The maximum absolute atomic E-state index is 13.1. The second-order valence-corrected chi connectivity index (χ2v) is 10.4. The number of hydrogen-bond acceptors (Lipinski definition) is 4. The van der Waals surface area contributed by atoms with Crippen LogP contribution in [0.4, 0.5) is 5.69 Å². The molecule has 36 heavy (non-hydrogen) atoms. The number of benzene rings is 2. The van der Waals surface area contributed by atoms with Gasteiger partial charge in [-0.15, -0.1) is 0 Å². The fourth-order valence-corrected chi connectivity index (χ4v) is 5.39. The number of carbonyl (C=O) groups is 2. The number of fused-ring (bicyclic) bond motifs is 2. The van der Waals surface area contributed by atoms with Gasteiger partial charge in [-0.1, -0.05) is 42.8 Å². The SMILES string of the molecule is C[C@@H]1C(=O)N(C)C/C=C/CCCCN2CCCCc3cc(Cl)ccc3COc3ccc(cc32)C1C=O. The van der Waals surface area contributed by atoms with Crippen molar-refractivity contribution in [2.24, 2.45) is 5.92 Å². The summed E-state index contributed by atoms with van der Waals surface area (Å²) in [6.45, 7) is 4.72. The van der Waals surface area contributed by atoms with Gasteiger partial charge in [0.05, 0.1) is 11.6 Å². The number of aryl methyl sites for hydroxylation is 1. The number of nitrogens with zero attached hydrogens (tertiary/aromatic N) is 2. The van der Waals surface area contributed by atoms with Crippen LogP contribution in [-0.4, -0.2) is 43.8 Å². The number of rotatable bonds is 1. The number of anilines is 1. The first-order valence-corrected chi connectivity index (χ1v) is 13.5. The maximum Gasteiger partial charge on any atom is 0.226 e. The number of allylic oxidation sites excluding steroid dienone is 1. The third-order valence-electron chi connectivity index (χ3n) is 7.43. The summed E-state index contributed by atoms with van der Waals surface area (Å²) in [4.78, 5) is 29.5. The summed E-state index contributed by atoms with van der Waals surface area (Å²) in [5.41, 5.74) is 4.27. The Balaban J connectivity index is 1.73. The molecule has 0 fully saturated rings. The molecule has 0 saturated heterocycles. The Bertz CT molecular complexity index is 1100. The fraction of sp³-hybridized carbons (Fsp3) is 0.467. The third-order valence-corrected chi connectivity index (χ3v) is 7.67. The van der Waals surface area contributed by atoms with Gasteiger partial charge in [0.25, 0.3) is 0 Å². The lowest BCUT2D eigenvalue weighted by Crippen LogP contribution is -2.35. The summed E-state index contributed by atoms with van der Waals surface area (Å²) in [5, 5.41) is 0.756. The maximum atomic E-state index is 13.1. The van der Waals surface area contributed by atoms with Gasteiger partial charge in [0.1, 0.15) is 18.6 Å². The van der Waals surface area contributed by atoms with Gasteiger partial charge < -0.3 is 19.3 Å². The van der Waals surface area contributed by atoms with Crippen LogP contribution in [0.3, 0.4) is 0 Å². The Morgan fingerprint density at radius 2 is 1.81 bits per heavy atom. The molecule has 2 bridgehead atoms. The van der Waals surface area contributed by atoms with Crippen molar-refractivity contribution in [3.8, 4) is 5.75 Å². The van der Waals surface area contributed by atoms with E-state index in [0.29, 0.717) is 13.2 Å². The standard InChI is InChI=1S/C30H37ClN2O3/c1-22-27(20-34)24-12-14-29-28(19-24)33(16-8-5-3-4-7-15-32(2)30(22)35)17-9-6-10-23-18-26(31)13-11-25(23)21-36-29/h4,7,11-14,18-20,22,27H,3,5-6,8-10,15-17,21H2,1-2H3/b7-4+/t22-,27?/m0/s1.